The first-order valence-corrected chi connectivity index (χ1v) is 27.9. The van der Waals surface area contributed by atoms with Crippen LogP contribution in [-0.2, 0) is 16.8 Å². The molecule has 0 bridgehead atoms. The quantitative estimate of drug-likeness (QED) is 0.0250. The molecule has 0 amide bonds. The summed E-state index contributed by atoms with van der Waals surface area (Å²) in [6, 6.07) is 31.4. The van der Waals surface area contributed by atoms with Gasteiger partial charge in [-0.2, -0.15) is 0 Å². The number of ether oxygens (including phenoxy) is 2. The molecule has 0 spiro atoms. The van der Waals surface area contributed by atoms with E-state index >= 15 is 0 Å². The first-order chi connectivity index (χ1) is 37.7. The van der Waals surface area contributed by atoms with E-state index in [9.17, 15) is 34.5 Å². The van der Waals surface area contributed by atoms with Crippen LogP contribution in [0.4, 0.5) is 34.5 Å². The minimum Gasteiger partial charge on any atom is -0.493 e. The van der Waals surface area contributed by atoms with E-state index in [2.05, 4.69) is 33.8 Å². The van der Waals surface area contributed by atoms with Crippen molar-refractivity contribution in [3.63, 3.8) is 0 Å². The van der Waals surface area contributed by atoms with Crippen molar-refractivity contribution in [3.8, 4) is 57.1 Å². The van der Waals surface area contributed by atoms with Crippen LogP contribution in [-0.4, -0.2) is 69.8 Å². The molecule has 0 fully saturated rings. The Kier molecular flexibility index (Phi) is 41.0. The van der Waals surface area contributed by atoms with Crippen molar-refractivity contribution in [1.29, 1.82) is 0 Å². The molecular formula is C59H82B2CoF8N6O3. The van der Waals surface area contributed by atoms with Crippen LogP contribution in [0.3, 0.4) is 0 Å². The fourth-order valence-corrected chi connectivity index (χ4v) is 8.03. The molecule has 0 aliphatic carbocycles. The maximum absolute atomic E-state index is 9.75. The van der Waals surface area contributed by atoms with E-state index in [0.717, 1.165) is 90.2 Å². The zero-order chi connectivity index (χ0) is 57.0. The van der Waals surface area contributed by atoms with E-state index in [1.54, 1.807) is 24.8 Å². The topological polar surface area (TPSA) is 116 Å². The molecule has 0 saturated carbocycles. The van der Waals surface area contributed by atoms with Gasteiger partial charge in [0.25, 0.3) is 0 Å². The molecule has 1 N–H and O–H groups in total. The van der Waals surface area contributed by atoms with Gasteiger partial charge in [0.05, 0.1) is 58.8 Å². The molecule has 6 heterocycles. The van der Waals surface area contributed by atoms with E-state index in [-0.39, 0.29) is 16.8 Å². The van der Waals surface area contributed by atoms with Gasteiger partial charge in [-0.1, -0.05) is 179 Å². The van der Waals surface area contributed by atoms with Gasteiger partial charge in [0.15, 0.2) is 0 Å². The summed E-state index contributed by atoms with van der Waals surface area (Å²) in [5.74, 6) is 1.66. The number of nitrogens with zero attached hydrogens (tertiary/aromatic N) is 6. The second-order valence-corrected chi connectivity index (χ2v) is 18.5. The second-order valence-electron chi connectivity index (χ2n) is 18.5. The summed E-state index contributed by atoms with van der Waals surface area (Å²) in [5, 5.41) is 7.00. The Morgan fingerprint density at radius 3 is 0.722 bits per heavy atom. The van der Waals surface area contributed by atoms with E-state index in [0.29, 0.717) is 0 Å². The SMILES string of the molecule is CCCCCCCCCCCCCCOc1cc(-c2ccccn2)nc(-c2ccccn2)c1.CCCCCCCCCCCCCCOc1cc(-c2ccccn2)nc(-c2ccccn2)c1.CO.F[B-](F)(F)F.F[B-](F)(F)F.[Co+2]. The molecule has 0 unspecified atom stereocenters. The summed E-state index contributed by atoms with van der Waals surface area (Å²) >= 11 is 0. The number of pyridine rings is 6. The smallest absolute Gasteiger partial charge is 0.493 e. The molecule has 20 heteroatoms. The maximum Gasteiger partial charge on any atom is 2.00 e. The number of aromatic nitrogens is 6. The molecule has 0 aliphatic rings. The molecular weight excluding hydrogens is 1070 g/mol. The molecule has 6 rings (SSSR count). The van der Waals surface area contributed by atoms with Gasteiger partial charge in [0.2, 0.25) is 0 Å². The van der Waals surface area contributed by atoms with Crippen molar-refractivity contribution in [1.82, 2.24) is 29.9 Å². The van der Waals surface area contributed by atoms with E-state index in [1.807, 2.05) is 97.1 Å². The zero-order valence-corrected chi connectivity index (χ0v) is 47.4. The molecule has 0 saturated heterocycles. The molecule has 0 atom stereocenters. The molecule has 0 aromatic carbocycles. The largest absolute Gasteiger partial charge is 2.00 e. The summed E-state index contributed by atoms with van der Waals surface area (Å²) < 4.78 is 90.3. The summed E-state index contributed by atoms with van der Waals surface area (Å²) in [6.45, 7) is 6.01. The summed E-state index contributed by atoms with van der Waals surface area (Å²) in [4.78, 5) is 27.4. The summed E-state index contributed by atoms with van der Waals surface area (Å²) in [6.07, 6.45) is 39.4. The minimum atomic E-state index is -6.00. The standard InChI is InChI=1S/2C29H39N3O.CH4O.2BF4.Co/c2*1-2-3-4-5-6-7-8-9-10-11-12-17-22-33-25-23-28(26-18-13-15-20-30-26)32-29(24-25)27-19-14-16-21-31-27;1-2;2*2-1(3,4)5;/h2*13-16,18-21,23-24H,2-12,17,22H2,1H3;2H,1H3;;;/q;;;2*-1;+2. The predicted molar refractivity (Wildman–Crippen MR) is 303 cm³/mol. The van der Waals surface area contributed by atoms with Gasteiger partial charge in [-0.05, 0) is 61.4 Å². The van der Waals surface area contributed by atoms with Gasteiger partial charge in [-0.15, -0.1) is 0 Å². The maximum atomic E-state index is 9.75. The van der Waals surface area contributed by atoms with E-state index in [1.165, 1.54) is 141 Å². The van der Waals surface area contributed by atoms with Gasteiger partial charge in [0.1, 0.15) is 11.5 Å². The van der Waals surface area contributed by atoms with Crippen LogP contribution in [0, 0.1) is 0 Å². The van der Waals surface area contributed by atoms with Crippen molar-refractivity contribution in [2.24, 2.45) is 0 Å². The van der Waals surface area contributed by atoms with Crippen molar-refractivity contribution in [2.45, 2.75) is 168 Å². The number of rotatable bonds is 32. The van der Waals surface area contributed by atoms with Gasteiger partial charge in [-0.3, -0.25) is 19.9 Å². The van der Waals surface area contributed by atoms with Crippen LogP contribution in [0.25, 0.3) is 45.6 Å². The van der Waals surface area contributed by atoms with Gasteiger partial charge < -0.3 is 49.1 Å². The van der Waals surface area contributed by atoms with Crippen molar-refractivity contribution >= 4 is 14.5 Å². The number of unbranched alkanes of at least 4 members (excludes halogenated alkanes) is 22. The molecule has 79 heavy (non-hydrogen) atoms. The number of aliphatic hydroxyl groups excluding tert-OH is 1. The van der Waals surface area contributed by atoms with Crippen LogP contribution in [0.2, 0.25) is 0 Å². The van der Waals surface area contributed by atoms with Crippen LogP contribution in [0.15, 0.2) is 122 Å². The number of hydrogen-bond acceptors (Lipinski definition) is 9. The molecule has 6 aromatic heterocycles. The van der Waals surface area contributed by atoms with Crippen LogP contribution < -0.4 is 9.47 Å². The third-order valence-electron chi connectivity index (χ3n) is 11.8. The van der Waals surface area contributed by atoms with Gasteiger partial charge in [0, 0.05) is 56.2 Å². The molecule has 437 valence electrons. The molecule has 0 aliphatic heterocycles. The zero-order valence-electron chi connectivity index (χ0n) is 46.4. The van der Waals surface area contributed by atoms with Crippen molar-refractivity contribution in [3.05, 3.63) is 122 Å². The fraction of sp³-hybridized carbons (Fsp3) is 0.492. The Labute approximate surface area is 475 Å². The van der Waals surface area contributed by atoms with Crippen LogP contribution in [0.1, 0.15) is 168 Å². The van der Waals surface area contributed by atoms with E-state index < -0.39 is 14.5 Å². The first kappa shape index (κ1) is 71.5. The number of halogens is 8. The summed E-state index contributed by atoms with van der Waals surface area (Å²) in [7, 11) is -11.0. The van der Waals surface area contributed by atoms with Gasteiger partial charge >= 0.3 is 31.3 Å². The van der Waals surface area contributed by atoms with Crippen molar-refractivity contribution in [2.75, 3.05) is 20.3 Å². The normalized spacial score (nSPS) is 10.7. The van der Waals surface area contributed by atoms with Gasteiger partial charge in [-0.25, -0.2) is 9.97 Å². The Morgan fingerprint density at radius 2 is 0.532 bits per heavy atom. The number of hydrogen-bond donors (Lipinski definition) is 1. The Morgan fingerprint density at radius 1 is 0.329 bits per heavy atom. The van der Waals surface area contributed by atoms with Crippen molar-refractivity contribution < 1.29 is 65.9 Å². The summed E-state index contributed by atoms with van der Waals surface area (Å²) in [5.41, 5.74) is 6.59. The van der Waals surface area contributed by atoms with E-state index in [4.69, 9.17) is 24.5 Å². The Balaban J connectivity index is 0.000000649. The predicted octanol–water partition coefficient (Wildman–Crippen LogP) is 18.8. The number of aliphatic hydroxyl groups is 1. The third kappa shape index (κ3) is 38.7. The van der Waals surface area contributed by atoms with Crippen LogP contribution >= 0.6 is 0 Å². The Hall–Kier alpha value is -5.46. The minimum absolute atomic E-state index is 0. The average Bonchev–Trinajstić information content (AvgIpc) is 3.45. The Bertz CT molecular complexity index is 2070. The van der Waals surface area contributed by atoms with Crippen LogP contribution in [0.5, 0.6) is 11.5 Å². The average molecular weight is 1160 g/mol. The fourth-order valence-electron chi connectivity index (χ4n) is 8.03. The monoisotopic (exact) mass is 1160 g/mol. The molecule has 9 nitrogen and oxygen atoms in total. The first-order valence-electron chi connectivity index (χ1n) is 27.9. The second kappa shape index (κ2) is 45.3. The molecule has 6 aromatic rings. The third-order valence-corrected chi connectivity index (χ3v) is 11.8. The molecule has 1 radical (unpaired) electrons.